The fourth-order valence-corrected chi connectivity index (χ4v) is 4.83. The van der Waals surface area contributed by atoms with Gasteiger partial charge in [0.05, 0.1) is 17.1 Å². The van der Waals surface area contributed by atoms with Crippen molar-refractivity contribution in [2.45, 2.75) is 43.6 Å². The second-order valence-corrected chi connectivity index (χ2v) is 9.30. The van der Waals surface area contributed by atoms with Gasteiger partial charge in [-0.05, 0) is 30.5 Å². The van der Waals surface area contributed by atoms with E-state index in [1.165, 1.54) is 23.9 Å². The molecule has 2 aromatic carbocycles. The maximum absolute atomic E-state index is 13.1. The van der Waals surface area contributed by atoms with Crippen LogP contribution in [0.1, 0.15) is 43.9 Å². The first kappa shape index (κ1) is 24.7. The highest BCUT2D eigenvalue weighted by atomic mass is 35.5. The average Bonchev–Trinajstić information content (AvgIpc) is 3.25. The number of ether oxygens (including phenoxy) is 1. The first-order valence-corrected chi connectivity index (χ1v) is 12.5. The van der Waals surface area contributed by atoms with Gasteiger partial charge in [-0.3, -0.25) is 10.1 Å². The van der Waals surface area contributed by atoms with Crippen LogP contribution in [-0.4, -0.2) is 32.3 Å². The van der Waals surface area contributed by atoms with Crippen molar-refractivity contribution >= 4 is 41.0 Å². The third-order valence-corrected chi connectivity index (χ3v) is 6.75. The summed E-state index contributed by atoms with van der Waals surface area (Å²) in [5, 5.41) is 20.4. The molecule has 1 aromatic heterocycles. The summed E-state index contributed by atoms with van der Waals surface area (Å²) in [6, 6.07) is 13.0. The van der Waals surface area contributed by atoms with Crippen LogP contribution < -0.4 is 5.32 Å². The molecule has 3 aromatic rings. The normalized spacial score (nSPS) is 14.9. The summed E-state index contributed by atoms with van der Waals surface area (Å²) < 4.78 is 7.09. The van der Waals surface area contributed by atoms with E-state index in [-0.39, 0.29) is 12.3 Å². The molecular formula is C24H24ClN5O4S. The van der Waals surface area contributed by atoms with E-state index in [1.54, 1.807) is 23.7 Å². The molecular weight excluding hydrogens is 490 g/mol. The van der Waals surface area contributed by atoms with Gasteiger partial charge in [-0.15, -0.1) is 5.10 Å². The van der Waals surface area contributed by atoms with Gasteiger partial charge >= 0.3 is 5.97 Å². The number of rotatable bonds is 9. The van der Waals surface area contributed by atoms with Crippen molar-refractivity contribution in [1.82, 2.24) is 14.8 Å². The Morgan fingerprint density at radius 3 is 2.83 bits per heavy atom. The monoisotopic (exact) mass is 513 g/mol. The molecule has 0 spiro atoms. The summed E-state index contributed by atoms with van der Waals surface area (Å²) >= 11 is 7.68. The number of thioether (sulfide) groups is 1. The second-order valence-electron chi connectivity index (χ2n) is 7.95. The van der Waals surface area contributed by atoms with E-state index in [2.05, 4.69) is 15.4 Å². The molecule has 2 heterocycles. The summed E-state index contributed by atoms with van der Waals surface area (Å²) in [6.07, 6.45) is 1.63. The molecule has 0 saturated heterocycles. The number of hydrogen-bond donors (Lipinski definition) is 1. The maximum Gasteiger partial charge on any atom is 0.338 e. The minimum absolute atomic E-state index is 0.0765. The minimum atomic E-state index is -0.734. The molecule has 0 aliphatic carbocycles. The number of halogens is 1. The molecule has 1 aliphatic heterocycles. The lowest BCUT2D eigenvalue weighted by atomic mass is 9.95. The molecule has 1 aliphatic rings. The van der Waals surface area contributed by atoms with Gasteiger partial charge in [0.25, 0.3) is 5.69 Å². The van der Waals surface area contributed by atoms with E-state index in [1.807, 2.05) is 31.2 Å². The van der Waals surface area contributed by atoms with Crippen LogP contribution in [0.2, 0.25) is 5.02 Å². The highest BCUT2D eigenvalue weighted by molar-refractivity contribution is 7.98. The fraction of sp³-hybridized carbons (Fsp3) is 0.292. The summed E-state index contributed by atoms with van der Waals surface area (Å²) in [5.41, 5.74) is 2.31. The molecule has 0 saturated carbocycles. The van der Waals surface area contributed by atoms with Crippen molar-refractivity contribution in [3.8, 4) is 0 Å². The standard InChI is InChI=1S/C24H24ClN5O4S/c1-3-4-12-34-22(31)20-15(2)26-23-27-24(35-14-17-8-5-6-11-19(17)25)28-29(23)21(20)16-9-7-10-18(13-16)30(32)33/h5-11,13,21H,3-4,12,14H2,1-2H3,(H,26,27,28). The van der Waals surface area contributed by atoms with Gasteiger partial charge in [0.1, 0.15) is 6.04 Å². The molecule has 35 heavy (non-hydrogen) atoms. The second kappa shape index (κ2) is 10.9. The van der Waals surface area contributed by atoms with E-state index in [4.69, 9.17) is 16.3 Å². The number of nitro groups is 1. The van der Waals surface area contributed by atoms with E-state index in [0.29, 0.717) is 38.7 Å². The van der Waals surface area contributed by atoms with Gasteiger partial charge < -0.3 is 10.1 Å². The lowest BCUT2D eigenvalue weighted by Crippen LogP contribution is -2.29. The quantitative estimate of drug-likeness (QED) is 0.126. The van der Waals surface area contributed by atoms with Crippen molar-refractivity contribution in [3.05, 3.63) is 86.1 Å². The maximum atomic E-state index is 13.1. The highest BCUT2D eigenvalue weighted by Crippen LogP contribution is 2.38. The van der Waals surface area contributed by atoms with Crippen LogP contribution in [0.4, 0.5) is 11.6 Å². The molecule has 0 fully saturated rings. The van der Waals surface area contributed by atoms with Gasteiger partial charge in [0, 0.05) is 28.6 Å². The Kier molecular flexibility index (Phi) is 7.72. The number of carbonyl (C=O) groups excluding carboxylic acids is 1. The average molecular weight is 514 g/mol. The first-order valence-electron chi connectivity index (χ1n) is 11.1. The van der Waals surface area contributed by atoms with Crippen molar-refractivity contribution in [3.63, 3.8) is 0 Å². The van der Waals surface area contributed by atoms with Crippen molar-refractivity contribution < 1.29 is 14.5 Å². The Morgan fingerprint density at radius 2 is 2.09 bits per heavy atom. The fourth-order valence-electron chi connectivity index (χ4n) is 3.72. The van der Waals surface area contributed by atoms with Crippen LogP contribution in [0, 0.1) is 10.1 Å². The Labute approximate surface area is 211 Å². The zero-order chi connectivity index (χ0) is 24.9. The molecule has 1 atom stereocenters. The van der Waals surface area contributed by atoms with Gasteiger partial charge in [0.15, 0.2) is 0 Å². The summed E-state index contributed by atoms with van der Waals surface area (Å²) in [4.78, 5) is 28.7. The Balaban J connectivity index is 1.70. The van der Waals surface area contributed by atoms with Gasteiger partial charge in [0.2, 0.25) is 11.1 Å². The number of allylic oxidation sites excluding steroid dienone is 1. The predicted molar refractivity (Wildman–Crippen MR) is 134 cm³/mol. The number of benzene rings is 2. The van der Waals surface area contributed by atoms with Crippen LogP contribution >= 0.6 is 23.4 Å². The lowest BCUT2D eigenvalue weighted by molar-refractivity contribution is -0.384. The number of nitrogens with one attached hydrogen (secondary N) is 1. The number of esters is 1. The SMILES string of the molecule is CCCCOC(=O)C1=C(C)Nc2nc(SCc3ccccc3Cl)nn2C1c1cccc([N+](=O)[O-])c1. The molecule has 4 rings (SSSR count). The number of non-ortho nitro benzene ring substituents is 1. The van der Waals surface area contributed by atoms with E-state index in [9.17, 15) is 14.9 Å². The first-order chi connectivity index (χ1) is 16.9. The van der Waals surface area contributed by atoms with Crippen molar-refractivity contribution in [1.29, 1.82) is 0 Å². The number of fused-ring (bicyclic) bond motifs is 1. The number of anilines is 1. The summed E-state index contributed by atoms with van der Waals surface area (Å²) in [6.45, 7) is 4.06. The van der Waals surface area contributed by atoms with E-state index < -0.39 is 16.9 Å². The molecule has 0 radical (unpaired) electrons. The molecule has 1 N–H and O–H groups in total. The zero-order valence-electron chi connectivity index (χ0n) is 19.2. The topological polar surface area (TPSA) is 112 Å². The van der Waals surface area contributed by atoms with Crippen molar-refractivity contribution in [2.24, 2.45) is 0 Å². The summed E-state index contributed by atoms with van der Waals surface area (Å²) in [7, 11) is 0. The van der Waals surface area contributed by atoms with Crippen LogP contribution in [0.3, 0.4) is 0 Å². The Morgan fingerprint density at radius 1 is 1.29 bits per heavy atom. The Hall–Kier alpha value is -3.37. The zero-order valence-corrected chi connectivity index (χ0v) is 20.8. The largest absolute Gasteiger partial charge is 0.462 e. The van der Waals surface area contributed by atoms with Crippen LogP contribution in [0.5, 0.6) is 0 Å². The molecule has 0 amide bonds. The third-order valence-electron chi connectivity index (χ3n) is 5.50. The number of nitro benzene ring substituents is 1. The molecule has 182 valence electrons. The molecule has 0 bridgehead atoms. The Bertz CT molecular complexity index is 1290. The number of carbonyl (C=O) groups is 1. The highest BCUT2D eigenvalue weighted by Gasteiger charge is 2.36. The van der Waals surface area contributed by atoms with Gasteiger partial charge in [-0.25, -0.2) is 9.48 Å². The number of nitrogens with zero attached hydrogens (tertiary/aromatic N) is 4. The summed E-state index contributed by atoms with van der Waals surface area (Å²) in [5.74, 6) is 0.500. The number of hydrogen-bond acceptors (Lipinski definition) is 8. The minimum Gasteiger partial charge on any atom is -0.462 e. The van der Waals surface area contributed by atoms with Gasteiger partial charge in [-0.1, -0.05) is 67.0 Å². The van der Waals surface area contributed by atoms with E-state index >= 15 is 0 Å². The predicted octanol–water partition coefficient (Wildman–Crippen LogP) is 5.76. The molecule has 11 heteroatoms. The number of unbranched alkanes of at least 4 members (excludes halogenated alkanes) is 1. The smallest absolute Gasteiger partial charge is 0.338 e. The van der Waals surface area contributed by atoms with Crippen LogP contribution in [-0.2, 0) is 15.3 Å². The molecule has 9 nitrogen and oxygen atoms in total. The number of aromatic nitrogens is 3. The van der Waals surface area contributed by atoms with Crippen LogP contribution in [0.15, 0.2) is 65.0 Å². The lowest BCUT2D eigenvalue weighted by Gasteiger charge is -2.28. The van der Waals surface area contributed by atoms with E-state index in [0.717, 1.165) is 18.4 Å². The van der Waals surface area contributed by atoms with Crippen molar-refractivity contribution in [2.75, 3.05) is 11.9 Å². The van der Waals surface area contributed by atoms with Crippen LogP contribution in [0.25, 0.3) is 0 Å². The van der Waals surface area contributed by atoms with Gasteiger partial charge in [-0.2, -0.15) is 4.98 Å². The molecule has 1 unspecified atom stereocenters. The third kappa shape index (κ3) is 5.49.